The fourth-order valence-corrected chi connectivity index (χ4v) is 8.52. The molecule has 0 unspecified atom stereocenters. The van der Waals surface area contributed by atoms with Gasteiger partial charge in [-0.05, 0) is 58.3 Å². The lowest BCUT2D eigenvalue weighted by atomic mass is 10.0. The van der Waals surface area contributed by atoms with Gasteiger partial charge in [0.1, 0.15) is 22.2 Å². The van der Waals surface area contributed by atoms with Gasteiger partial charge >= 0.3 is 11.3 Å². The van der Waals surface area contributed by atoms with E-state index in [9.17, 15) is 9.59 Å². The number of halogens is 2. The first kappa shape index (κ1) is 36.2. The molecule has 0 fully saturated rings. The van der Waals surface area contributed by atoms with Gasteiger partial charge in [0.05, 0.1) is 27.4 Å². The lowest BCUT2D eigenvalue weighted by Gasteiger charge is -2.05. The molecule has 6 nitrogen and oxygen atoms in total. The van der Waals surface area contributed by atoms with Crippen LogP contribution in [0.15, 0.2) is 200 Å². The molecule has 0 radical (unpaired) electrons. The minimum atomic E-state index is -0.317. The summed E-state index contributed by atoms with van der Waals surface area (Å²) >= 11 is 9.53. The molecule has 0 aliphatic heterocycles. The standard InChI is InChI=1S/2C25H15NO2.CH2Cl2/c2*27-25-24-23(18-11-5-7-13-21(18)28-25)22(17-9-2-1-3-10-17)20-15-14-16-8-4-6-12-19(16)26(20)24;2-1-3/h2*1-15H;1H2. The van der Waals surface area contributed by atoms with E-state index in [0.29, 0.717) is 22.2 Å². The Labute approximate surface area is 346 Å². The summed E-state index contributed by atoms with van der Waals surface area (Å²) in [5.41, 5.74) is 10.0. The van der Waals surface area contributed by atoms with Gasteiger partial charge in [-0.25, -0.2) is 9.59 Å². The van der Waals surface area contributed by atoms with E-state index in [-0.39, 0.29) is 16.6 Å². The van der Waals surface area contributed by atoms with Crippen molar-refractivity contribution in [2.45, 2.75) is 0 Å². The van der Waals surface area contributed by atoms with Crippen molar-refractivity contribution in [3.63, 3.8) is 0 Å². The van der Waals surface area contributed by atoms with Crippen LogP contribution in [0.1, 0.15) is 0 Å². The number of hydrogen-bond donors (Lipinski definition) is 0. The molecule has 284 valence electrons. The van der Waals surface area contributed by atoms with E-state index in [4.69, 9.17) is 32.0 Å². The van der Waals surface area contributed by atoms with E-state index in [1.165, 1.54) is 0 Å². The summed E-state index contributed by atoms with van der Waals surface area (Å²) in [6.07, 6.45) is 0. The molecule has 0 saturated heterocycles. The van der Waals surface area contributed by atoms with E-state index < -0.39 is 0 Å². The summed E-state index contributed by atoms with van der Waals surface area (Å²) in [7, 11) is 0. The molecule has 6 aromatic heterocycles. The largest absolute Gasteiger partial charge is 0.421 e. The second kappa shape index (κ2) is 15.0. The van der Waals surface area contributed by atoms with Gasteiger partial charge < -0.3 is 17.6 Å². The van der Waals surface area contributed by atoms with Crippen LogP contribution in [0.5, 0.6) is 0 Å². The fraction of sp³-hybridized carbons (Fsp3) is 0.0196. The van der Waals surface area contributed by atoms with Crippen molar-refractivity contribution >= 4 is 99.8 Å². The zero-order valence-electron chi connectivity index (χ0n) is 31.3. The lowest BCUT2D eigenvalue weighted by Crippen LogP contribution is -2.03. The first-order valence-corrected chi connectivity index (χ1v) is 20.1. The summed E-state index contributed by atoms with van der Waals surface area (Å²) < 4.78 is 15.5. The zero-order valence-corrected chi connectivity index (χ0v) is 32.8. The summed E-state index contributed by atoms with van der Waals surface area (Å²) in [6.45, 7) is 0. The van der Waals surface area contributed by atoms with Gasteiger partial charge in [-0.2, -0.15) is 0 Å². The van der Waals surface area contributed by atoms with Crippen molar-refractivity contribution in [1.29, 1.82) is 0 Å². The maximum absolute atomic E-state index is 13.1. The number of benzene rings is 6. The van der Waals surface area contributed by atoms with Crippen molar-refractivity contribution in [3.05, 3.63) is 203 Å². The predicted molar refractivity (Wildman–Crippen MR) is 244 cm³/mol. The highest BCUT2D eigenvalue weighted by Crippen LogP contribution is 2.41. The number of pyridine rings is 2. The second-order valence-corrected chi connectivity index (χ2v) is 14.8. The fourth-order valence-electron chi connectivity index (χ4n) is 8.52. The minimum Gasteiger partial charge on any atom is -0.421 e. The van der Waals surface area contributed by atoms with Crippen LogP contribution in [0, 0.1) is 0 Å². The van der Waals surface area contributed by atoms with E-state index >= 15 is 0 Å². The van der Waals surface area contributed by atoms with Crippen LogP contribution in [0.25, 0.3) is 98.8 Å². The van der Waals surface area contributed by atoms with Gasteiger partial charge in [0.25, 0.3) is 0 Å². The summed E-state index contributed by atoms with van der Waals surface area (Å²) in [5.74, 6) is 0. The zero-order chi connectivity index (χ0) is 40.0. The topological polar surface area (TPSA) is 69.2 Å². The van der Waals surface area contributed by atoms with E-state index in [1.807, 2.05) is 130 Å². The number of aromatic nitrogens is 2. The number of hydrogen-bond acceptors (Lipinski definition) is 4. The summed E-state index contributed by atoms with van der Waals surface area (Å²) in [4.78, 5) is 26.2. The van der Waals surface area contributed by atoms with Crippen molar-refractivity contribution in [1.82, 2.24) is 8.80 Å². The molecule has 59 heavy (non-hydrogen) atoms. The van der Waals surface area contributed by atoms with Gasteiger partial charge in [0.15, 0.2) is 0 Å². The lowest BCUT2D eigenvalue weighted by molar-refractivity contribution is 0.567. The molecule has 8 heteroatoms. The van der Waals surface area contributed by atoms with Crippen molar-refractivity contribution in [2.24, 2.45) is 0 Å². The average molecular weight is 808 g/mol. The quantitative estimate of drug-likeness (QED) is 0.129. The molecule has 12 aromatic rings. The van der Waals surface area contributed by atoms with Crippen LogP contribution >= 0.6 is 23.2 Å². The first-order chi connectivity index (χ1) is 29.1. The first-order valence-electron chi connectivity index (χ1n) is 19.1. The van der Waals surface area contributed by atoms with Crippen LogP contribution in [0.3, 0.4) is 0 Å². The van der Waals surface area contributed by atoms with Crippen LogP contribution in [0.2, 0.25) is 0 Å². The SMILES string of the molecule is ClCCl.O=c1oc2ccccc2c2c(-c3ccccc3)c3ccc4ccccc4n3c12.O=c1oc2ccccc2c2c(-c3ccccc3)c3ccc4ccccc4n3c12. The van der Waals surface area contributed by atoms with Crippen molar-refractivity contribution < 1.29 is 8.83 Å². The van der Waals surface area contributed by atoms with Gasteiger partial charge in [-0.15, -0.1) is 23.2 Å². The van der Waals surface area contributed by atoms with E-state index in [0.717, 1.165) is 76.6 Å². The Kier molecular flexibility index (Phi) is 9.21. The Morgan fingerprint density at radius 3 is 1.17 bits per heavy atom. The Hall–Kier alpha value is -7.12. The Morgan fingerprint density at radius 1 is 0.390 bits per heavy atom. The molecule has 12 rings (SSSR count). The Balaban J connectivity index is 0.000000134. The number of para-hydroxylation sites is 4. The van der Waals surface area contributed by atoms with Crippen LogP contribution < -0.4 is 11.3 Å². The predicted octanol–water partition coefficient (Wildman–Crippen LogP) is 13.5. The number of nitrogens with zero attached hydrogens (tertiary/aromatic N) is 2. The molecule has 0 aliphatic carbocycles. The molecule has 0 saturated carbocycles. The van der Waals surface area contributed by atoms with E-state index in [2.05, 4.69) is 60.7 Å². The third-order valence-corrected chi connectivity index (χ3v) is 10.8. The maximum atomic E-state index is 13.1. The highest BCUT2D eigenvalue weighted by molar-refractivity contribution is 6.40. The van der Waals surface area contributed by atoms with Crippen LogP contribution in [-0.2, 0) is 0 Å². The molecule has 6 aromatic carbocycles. The summed E-state index contributed by atoms with van der Waals surface area (Å²) in [5, 5.41) is 6.13. The normalized spacial score (nSPS) is 11.4. The monoisotopic (exact) mass is 806 g/mol. The molecule has 0 amide bonds. The number of alkyl halides is 2. The highest BCUT2D eigenvalue weighted by atomic mass is 35.5. The van der Waals surface area contributed by atoms with Gasteiger partial charge in [0.2, 0.25) is 0 Å². The van der Waals surface area contributed by atoms with Gasteiger partial charge in [-0.1, -0.05) is 146 Å². The molecule has 0 bridgehead atoms. The molecular weight excluding hydrogens is 775 g/mol. The third kappa shape index (κ3) is 5.95. The molecule has 0 atom stereocenters. The maximum Gasteiger partial charge on any atom is 0.361 e. The molecule has 0 aliphatic rings. The second-order valence-electron chi connectivity index (χ2n) is 14.0. The number of rotatable bonds is 2. The highest BCUT2D eigenvalue weighted by Gasteiger charge is 2.23. The Morgan fingerprint density at radius 2 is 0.746 bits per heavy atom. The third-order valence-electron chi connectivity index (χ3n) is 10.8. The molecular formula is C51H32Cl2N2O4. The molecule has 6 heterocycles. The summed E-state index contributed by atoms with van der Waals surface area (Å²) in [6, 6.07) is 60.6. The number of fused-ring (bicyclic) bond motifs is 14. The average Bonchev–Trinajstić information content (AvgIpc) is 3.84. The van der Waals surface area contributed by atoms with Gasteiger partial charge in [0, 0.05) is 32.7 Å². The van der Waals surface area contributed by atoms with Crippen molar-refractivity contribution in [2.75, 3.05) is 5.34 Å². The Bertz CT molecular complexity index is 3420. The van der Waals surface area contributed by atoms with Crippen molar-refractivity contribution in [3.8, 4) is 22.3 Å². The minimum absolute atomic E-state index is 0.194. The molecule has 0 spiro atoms. The van der Waals surface area contributed by atoms with Gasteiger partial charge in [-0.3, -0.25) is 0 Å². The molecule has 0 N–H and O–H groups in total. The van der Waals surface area contributed by atoms with Crippen LogP contribution in [0.4, 0.5) is 0 Å². The van der Waals surface area contributed by atoms with Crippen LogP contribution in [-0.4, -0.2) is 14.1 Å². The van der Waals surface area contributed by atoms with E-state index in [1.54, 1.807) is 0 Å². The smallest absolute Gasteiger partial charge is 0.361 e.